The zero-order chi connectivity index (χ0) is 10.7. The summed E-state index contributed by atoms with van der Waals surface area (Å²) in [5.74, 6) is -0.135. The van der Waals surface area contributed by atoms with Crippen LogP contribution in [-0.2, 0) is 6.54 Å². The topological polar surface area (TPSA) is 54.9 Å². The third-order valence-electron chi connectivity index (χ3n) is 1.92. The first-order valence-electron chi connectivity index (χ1n) is 4.32. The van der Waals surface area contributed by atoms with E-state index in [9.17, 15) is 4.79 Å². The number of nitrogens with zero attached hydrogens (tertiary/aromatic N) is 2. The molecule has 2 heterocycles. The number of aryl methyl sites for hydroxylation is 1. The van der Waals surface area contributed by atoms with Crippen molar-refractivity contribution in [3.05, 3.63) is 32.7 Å². The average Bonchev–Trinajstić information content (AvgIpc) is 2.85. The van der Waals surface area contributed by atoms with Gasteiger partial charge in [-0.25, -0.2) is 9.97 Å². The SMILES string of the molecule is Cc1ncsc1CNC(=O)c1cscn1. The van der Waals surface area contributed by atoms with Crippen LogP contribution in [-0.4, -0.2) is 15.9 Å². The minimum Gasteiger partial charge on any atom is -0.346 e. The van der Waals surface area contributed by atoms with E-state index in [-0.39, 0.29) is 5.91 Å². The van der Waals surface area contributed by atoms with Crippen molar-refractivity contribution in [2.24, 2.45) is 0 Å². The van der Waals surface area contributed by atoms with Crippen LogP contribution in [0, 0.1) is 6.92 Å². The molecule has 2 aromatic heterocycles. The Morgan fingerprint density at radius 1 is 1.47 bits per heavy atom. The van der Waals surface area contributed by atoms with Gasteiger partial charge < -0.3 is 5.32 Å². The number of carbonyl (C=O) groups is 1. The molecule has 6 heteroatoms. The molecule has 2 aromatic rings. The smallest absolute Gasteiger partial charge is 0.271 e. The van der Waals surface area contributed by atoms with Gasteiger partial charge in [0.2, 0.25) is 0 Å². The lowest BCUT2D eigenvalue weighted by Gasteiger charge is -2.00. The molecule has 78 valence electrons. The Bertz CT molecular complexity index is 450. The van der Waals surface area contributed by atoms with Gasteiger partial charge in [0.1, 0.15) is 5.69 Å². The number of hydrogen-bond acceptors (Lipinski definition) is 5. The molecule has 0 aliphatic heterocycles. The van der Waals surface area contributed by atoms with Crippen LogP contribution in [0.15, 0.2) is 16.4 Å². The van der Waals surface area contributed by atoms with Crippen molar-refractivity contribution >= 4 is 28.6 Å². The number of amides is 1. The van der Waals surface area contributed by atoms with E-state index in [1.54, 1.807) is 27.7 Å². The lowest BCUT2D eigenvalue weighted by molar-refractivity contribution is 0.0947. The van der Waals surface area contributed by atoms with Crippen molar-refractivity contribution < 1.29 is 4.79 Å². The van der Waals surface area contributed by atoms with Crippen molar-refractivity contribution in [3.8, 4) is 0 Å². The highest BCUT2D eigenvalue weighted by atomic mass is 32.1. The van der Waals surface area contributed by atoms with E-state index in [1.165, 1.54) is 11.3 Å². The molecule has 0 aliphatic rings. The predicted molar refractivity (Wildman–Crippen MR) is 60.1 cm³/mol. The van der Waals surface area contributed by atoms with Crippen molar-refractivity contribution in [2.45, 2.75) is 13.5 Å². The molecule has 2 rings (SSSR count). The van der Waals surface area contributed by atoms with Crippen molar-refractivity contribution in [2.75, 3.05) is 0 Å². The van der Waals surface area contributed by atoms with Gasteiger partial charge in [-0.05, 0) is 6.92 Å². The second-order valence-corrected chi connectivity index (χ2v) is 4.58. The van der Waals surface area contributed by atoms with Crippen LogP contribution in [0.5, 0.6) is 0 Å². The van der Waals surface area contributed by atoms with Gasteiger partial charge in [0, 0.05) is 10.3 Å². The van der Waals surface area contributed by atoms with Gasteiger partial charge in [-0.1, -0.05) is 0 Å². The number of thiazole rings is 2. The Balaban J connectivity index is 1.95. The monoisotopic (exact) mass is 239 g/mol. The van der Waals surface area contributed by atoms with E-state index >= 15 is 0 Å². The molecule has 0 bridgehead atoms. The molecular weight excluding hydrogens is 230 g/mol. The largest absolute Gasteiger partial charge is 0.346 e. The molecule has 0 radical (unpaired) electrons. The minimum absolute atomic E-state index is 0.135. The van der Waals surface area contributed by atoms with Crippen molar-refractivity contribution in [3.63, 3.8) is 0 Å². The second-order valence-electron chi connectivity index (χ2n) is 2.92. The summed E-state index contributed by atoms with van der Waals surface area (Å²) >= 11 is 2.96. The highest BCUT2D eigenvalue weighted by molar-refractivity contribution is 7.09. The molecule has 0 fully saturated rings. The molecule has 0 atom stereocenters. The Hall–Kier alpha value is -1.27. The fraction of sp³-hybridized carbons (Fsp3) is 0.222. The Morgan fingerprint density at radius 3 is 2.93 bits per heavy atom. The first kappa shape index (κ1) is 10.3. The van der Waals surface area contributed by atoms with Crippen LogP contribution >= 0.6 is 22.7 Å². The molecular formula is C9H9N3OS2. The molecule has 15 heavy (non-hydrogen) atoms. The summed E-state index contributed by atoms with van der Waals surface area (Å²) in [5, 5.41) is 4.53. The third-order valence-corrected chi connectivity index (χ3v) is 3.44. The third kappa shape index (κ3) is 2.40. The summed E-state index contributed by atoms with van der Waals surface area (Å²) in [5.41, 5.74) is 4.87. The van der Waals surface area contributed by atoms with Gasteiger partial charge in [0.05, 0.1) is 23.3 Å². The van der Waals surface area contributed by atoms with Crippen LogP contribution in [0.4, 0.5) is 0 Å². The molecule has 0 unspecified atom stereocenters. The van der Waals surface area contributed by atoms with E-state index < -0.39 is 0 Å². The Morgan fingerprint density at radius 2 is 2.33 bits per heavy atom. The number of aromatic nitrogens is 2. The summed E-state index contributed by atoms with van der Waals surface area (Å²) in [7, 11) is 0. The van der Waals surface area contributed by atoms with Crippen LogP contribution < -0.4 is 5.32 Å². The van der Waals surface area contributed by atoms with Gasteiger partial charge in [-0.3, -0.25) is 4.79 Å². The fourth-order valence-corrected chi connectivity index (χ4v) is 2.32. The van der Waals surface area contributed by atoms with Gasteiger partial charge in [0.15, 0.2) is 0 Å². The number of rotatable bonds is 3. The summed E-state index contributed by atoms with van der Waals surface area (Å²) in [4.78, 5) is 20.7. The van der Waals surface area contributed by atoms with Gasteiger partial charge in [-0.2, -0.15) is 0 Å². The zero-order valence-corrected chi connectivity index (χ0v) is 9.69. The number of hydrogen-bond donors (Lipinski definition) is 1. The highest BCUT2D eigenvalue weighted by Gasteiger charge is 2.08. The summed E-state index contributed by atoms with van der Waals surface area (Å²) < 4.78 is 0. The van der Waals surface area contributed by atoms with Crippen molar-refractivity contribution in [1.82, 2.24) is 15.3 Å². The van der Waals surface area contributed by atoms with E-state index in [0.29, 0.717) is 12.2 Å². The Kier molecular flexibility index (Phi) is 3.08. The van der Waals surface area contributed by atoms with Crippen LogP contribution in [0.1, 0.15) is 21.1 Å². The molecule has 1 amide bonds. The second kappa shape index (κ2) is 4.50. The maximum absolute atomic E-state index is 11.5. The fourth-order valence-electron chi connectivity index (χ4n) is 1.07. The number of carbonyl (C=O) groups excluding carboxylic acids is 1. The molecule has 0 aliphatic carbocycles. The van der Waals surface area contributed by atoms with Gasteiger partial charge in [-0.15, -0.1) is 22.7 Å². The van der Waals surface area contributed by atoms with Crippen LogP contribution in [0.3, 0.4) is 0 Å². The average molecular weight is 239 g/mol. The number of nitrogens with one attached hydrogen (secondary N) is 1. The van der Waals surface area contributed by atoms with Crippen LogP contribution in [0.2, 0.25) is 0 Å². The molecule has 0 aromatic carbocycles. The minimum atomic E-state index is -0.135. The predicted octanol–water partition coefficient (Wildman–Crippen LogP) is 1.84. The van der Waals surface area contributed by atoms with E-state index in [0.717, 1.165) is 10.6 Å². The molecule has 1 N–H and O–H groups in total. The van der Waals surface area contributed by atoms with Gasteiger partial charge in [0.25, 0.3) is 5.91 Å². The molecule has 0 spiro atoms. The van der Waals surface area contributed by atoms with Gasteiger partial charge >= 0.3 is 0 Å². The zero-order valence-electron chi connectivity index (χ0n) is 8.06. The maximum Gasteiger partial charge on any atom is 0.271 e. The normalized spacial score (nSPS) is 10.2. The lowest BCUT2D eigenvalue weighted by atomic mass is 10.4. The summed E-state index contributed by atoms with van der Waals surface area (Å²) in [6.07, 6.45) is 0. The molecule has 0 saturated carbocycles. The van der Waals surface area contributed by atoms with E-state index in [2.05, 4.69) is 15.3 Å². The summed E-state index contributed by atoms with van der Waals surface area (Å²) in [6, 6.07) is 0. The maximum atomic E-state index is 11.5. The lowest BCUT2D eigenvalue weighted by Crippen LogP contribution is -2.22. The molecule has 4 nitrogen and oxygen atoms in total. The first-order chi connectivity index (χ1) is 7.27. The quantitative estimate of drug-likeness (QED) is 0.889. The van der Waals surface area contributed by atoms with Crippen molar-refractivity contribution in [1.29, 1.82) is 0 Å². The van der Waals surface area contributed by atoms with E-state index in [1.807, 2.05) is 6.92 Å². The van der Waals surface area contributed by atoms with Crippen LogP contribution in [0.25, 0.3) is 0 Å². The Labute approximate surface area is 95.0 Å². The standard InChI is InChI=1S/C9H9N3OS2/c1-6-8(15-5-11-6)2-10-9(13)7-3-14-4-12-7/h3-5H,2H2,1H3,(H,10,13). The molecule has 0 saturated heterocycles. The summed E-state index contributed by atoms with van der Waals surface area (Å²) in [6.45, 7) is 2.45. The first-order valence-corrected chi connectivity index (χ1v) is 6.15. The van der Waals surface area contributed by atoms with E-state index in [4.69, 9.17) is 0 Å². The highest BCUT2D eigenvalue weighted by Crippen LogP contribution is 2.11.